The molecule has 0 aliphatic heterocycles. The van der Waals surface area contributed by atoms with E-state index in [0.29, 0.717) is 36.0 Å². The fourth-order valence-corrected chi connectivity index (χ4v) is 15.8. The molecule has 62 heavy (non-hydrogen) atoms. The Labute approximate surface area is 363 Å². The zero-order chi connectivity index (χ0) is 44.6. The van der Waals surface area contributed by atoms with E-state index in [1.807, 2.05) is 62.4 Å². The largest absolute Gasteiger partial charge is 0.478 e. The molecule has 4 bridgehead atoms. The third-order valence-electron chi connectivity index (χ3n) is 18.1. The molecular weight excluding hydrogens is 783 g/mol. The van der Waals surface area contributed by atoms with Gasteiger partial charge in [0.15, 0.2) is 11.7 Å². The Hall–Kier alpha value is -4.60. The van der Waals surface area contributed by atoms with Gasteiger partial charge in [0, 0.05) is 76.7 Å². The van der Waals surface area contributed by atoms with Crippen molar-refractivity contribution in [3.8, 4) is 11.8 Å². The van der Waals surface area contributed by atoms with Crippen LogP contribution in [-0.4, -0.2) is 78.0 Å². The Balaban J connectivity index is 1.33. The average molecular weight is 844 g/mol. The number of guanidine groups is 1. The van der Waals surface area contributed by atoms with Gasteiger partial charge in [0.2, 0.25) is 0 Å². The summed E-state index contributed by atoms with van der Waals surface area (Å²) in [5, 5.41) is 61.3. The maximum Gasteiger partial charge on any atom is 0.331 e. The standard InChI is InChI=1S/C51H61N3O8/c1-29(55)26-33(42(59)60)32-16-21-48(54-43(52)53)23-22-47(30(2)37(48)39(32)58)28-49(61)24-25-50(62)34(15-14-31-12-8-6-9-13-31)40-44(3)18-10-7-11-19-51(49)41(50)38(35(56)27-46(47,51)5)45(40,4)20-17-36(44)57/h6,8-9,12-15,22-25,29-30,34,37,39-40,55,58,61-62H,11,16-21,26-28H2,1-5H3,(H,59,60)(H4,52,53,54)/b15-14+,33-32+/t29-,30+,34-,37+,39+,40+,44+,45+,46+,47+,48-,49-,50+,51-/m0/s1. The van der Waals surface area contributed by atoms with Gasteiger partial charge in [0.1, 0.15) is 11.4 Å². The Morgan fingerprint density at radius 3 is 2.39 bits per heavy atom. The van der Waals surface area contributed by atoms with E-state index in [9.17, 15) is 35.1 Å². The molecule has 9 N–H and O–H groups in total. The third-order valence-corrected chi connectivity index (χ3v) is 18.1. The summed E-state index contributed by atoms with van der Waals surface area (Å²) >= 11 is 0. The summed E-state index contributed by atoms with van der Waals surface area (Å²) in [5.74, 6) is 2.77. The number of allylic oxidation sites excluding steroid dienone is 2. The summed E-state index contributed by atoms with van der Waals surface area (Å²) in [6, 6.07) is 9.81. The number of Topliss-reactive ketones (excluding diaryl/α,β-unsaturated/α-hetero) is 2. The Bertz CT molecular complexity index is 2420. The van der Waals surface area contributed by atoms with Gasteiger partial charge >= 0.3 is 5.97 Å². The number of benzene rings is 1. The second-order valence-corrected chi connectivity index (χ2v) is 20.9. The molecule has 3 saturated carbocycles. The number of nitrogens with two attached hydrogens (primary N) is 2. The molecule has 8 aliphatic rings. The van der Waals surface area contributed by atoms with Crippen LogP contribution in [0.3, 0.4) is 0 Å². The summed E-state index contributed by atoms with van der Waals surface area (Å²) in [6.45, 7) is 9.63. The molecule has 2 spiro atoms. The summed E-state index contributed by atoms with van der Waals surface area (Å²) in [6.07, 6.45) is 11.1. The number of aliphatic hydroxyl groups is 4. The van der Waals surface area contributed by atoms with E-state index in [1.165, 1.54) is 6.92 Å². The maximum absolute atomic E-state index is 15.8. The van der Waals surface area contributed by atoms with Crippen molar-refractivity contribution in [3.63, 3.8) is 0 Å². The van der Waals surface area contributed by atoms with Crippen molar-refractivity contribution >= 4 is 29.6 Å². The minimum Gasteiger partial charge on any atom is -0.478 e. The number of carboxylic acid groups (broad SMARTS) is 1. The van der Waals surface area contributed by atoms with E-state index in [2.05, 4.69) is 31.8 Å². The molecule has 1 aromatic carbocycles. The first-order valence-corrected chi connectivity index (χ1v) is 22.4. The van der Waals surface area contributed by atoms with Crippen LogP contribution in [0.4, 0.5) is 0 Å². The summed E-state index contributed by atoms with van der Waals surface area (Å²) in [7, 11) is 0. The highest BCUT2D eigenvalue weighted by Crippen LogP contribution is 2.84. The van der Waals surface area contributed by atoms with E-state index in [-0.39, 0.29) is 68.0 Å². The molecule has 0 unspecified atom stereocenters. The monoisotopic (exact) mass is 843 g/mol. The smallest absolute Gasteiger partial charge is 0.331 e. The molecule has 9 rings (SSSR count). The molecule has 3 fully saturated rings. The number of hydrogen-bond acceptors (Lipinski definition) is 8. The SMILES string of the molecule is C[C@H](O)C/C(C(=O)O)=C1/CC[C@]2(N=C(N)N)C=C[C@@]3(C[C@@]4(O)C=C[C@]5(O)C6=C7C(=O)C[C@@]3(C)[C@]64CCC#CC[C@]3(C)C(=O)CC[C@@]7(C)[C@@H]3[C@@H]5/C=C/c3ccccc3)[C@H](C)[C@@H]2[C@@H]1O. The highest BCUT2D eigenvalue weighted by Gasteiger charge is 2.84. The first-order valence-electron chi connectivity index (χ1n) is 22.4. The number of fused-ring (bicyclic) bond motifs is 3. The predicted molar refractivity (Wildman–Crippen MR) is 234 cm³/mol. The van der Waals surface area contributed by atoms with Gasteiger partial charge in [-0.25, -0.2) is 9.79 Å². The van der Waals surface area contributed by atoms with Gasteiger partial charge in [-0.1, -0.05) is 88.4 Å². The van der Waals surface area contributed by atoms with Crippen LogP contribution >= 0.6 is 0 Å². The predicted octanol–water partition coefficient (Wildman–Crippen LogP) is 5.33. The molecule has 0 radical (unpaired) electrons. The van der Waals surface area contributed by atoms with Crippen LogP contribution in [0.5, 0.6) is 0 Å². The van der Waals surface area contributed by atoms with Crippen LogP contribution in [0.25, 0.3) is 6.08 Å². The van der Waals surface area contributed by atoms with Crippen molar-refractivity contribution in [1.29, 1.82) is 0 Å². The second kappa shape index (κ2) is 13.7. The first-order chi connectivity index (χ1) is 29.1. The summed E-state index contributed by atoms with van der Waals surface area (Å²) in [5.41, 5.74) is 4.67. The van der Waals surface area contributed by atoms with Gasteiger partial charge in [-0.15, -0.1) is 11.8 Å². The van der Waals surface area contributed by atoms with E-state index in [0.717, 1.165) is 5.56 Å². The average Bonchev–Trinajstić information content (AvgIpc) is 3.35. The van der Waals surface area contributed by atoms with Crippen molar-refractivity contribution < 1.29 is 39.9 Å². The number of carboxylic acids is 1. The van der Waals surface area contributed by atoms with Crippen molar-refractivity contribution in [2.24, 2.45) is 67.2 Å². The fourth-order valence-electron chi connectivity index (χ4n) is 15.8. The van der Waals surface area contributed by atoms with Gasteiger partial charge in [-0.2, -0.15) is 0 Å². The lowest BCUT2D eigenvalue weighted by Gasteiger charge is -2.70. The molecule has 0 aromatic heterocycles. The zero-order valence-electron chi connectivity index (χ0n) is 36.4. The van der Waals surface area contributed by atoms with Gasteiger partial charge in [-0.05, 0) is 79.1 Å². The topological polar surface area (TPSA) is 217 Å². The molecule has 8 aliphatic carbocycles. The number of rotatable bonds is 6. The van der Waals surface area contributed by atoms with Crippen LogP contribution in [0.1, 0.15) is 104 Å². The molecule has 0 saturated heterocycles. The lowest BCUT2D eigenvalue weighted by molar-refractivity contribution is -0.169. The molecule has 11 heteroatoms. The highest BCUT2D eigenvalue weighted by atomic mass is 16.4. The molecular formula is C51H61N3O8. The van der Waals surface area contributed by atoms with Gasteiger partial charge in [-0.3, -0.25) is 9.59 Å². The lowest BCUT2D eigenvalue weighted by Crippen LogP contribution is -2.71. The molecule has 11 nitrogen and oxygen atoms in total. The Morgan fingerprint density at radius 1 is 0.984 bits per heavy atom. The van der Waals surface area contributed by atoms with E-state index >= 15 is 4.79 Å². The Morgan fingerprint density at radius 2 is 1.71 bits per heavy atom. The molecule has 328 valence electrons. The number of carbonyl (C=O) groups excluding carboxylic acids is 2. The first kappa shape index (κ1) is 42.7. The molecule has 14 atom stereocenters. The van der Waals surface area contributed by atoms with Gasteiger partial charge in [0.25, 0.3) is 0 Å². The lowest BCUT2D eigenvalue weighted by atomic mass is 9.34. The number of aliphatic carboxylic acids is 1. The van der Waals surface area contributed by atoms with Gasteiger partial charge < -0.3 is 37.0 Å². The normalized spacial score (nSPS) is 46.2. The molecule has 0 amide bonds. The second-order valence-electron chi connectivity index (χ2n) is 20.9. The number of hydrogen-bond donors (Lipinski definition) is 7. The van der Waals surface area contributed by atoms with Crippen LogP contribution < -0.4 is 11.5 Å². The minimum absolute atomic E-state index is 0.0148. The highest BCUT2D eigenvalue weighted by molar-refractivity contribution is 6.02. The van der Waals surface area contributed by atoms with Crippen molar-refractivity contribution in [2.45, 2.75) is 128 Å². The zero-order valence-corrected chi connectivity index (χ0v) is 36.4. The van der Waals surface area contributed by atoms with E-state index in [4.69, 9.17) is 16.5 Å². The maximum atomic E-state index is 15.8. The van der Waals surface area contributed by atoms with Crippen molar-refractivity contribution in [2.75, 3.05) is 0 Å². The quantitative estimate of drug-likeness (QED) is 0.0642. The number of aliphatic imine (C=N–C) groups is 1. The number of ketones is 2. The van der Waals surface area contributed by atoms with Crippen LogP contribution in [0.2, 0.25) is 0 Å². The van der Waals surface area contributed by atoms with E-state index < -0.39 is 85.7 Å². The fraction of sp³-hybridized carbons (Fsp3) is 0.569. The molecule has 1 aromatic rings. The Kier molecular flexibility index (Phi) is 9.43. The van der Waals surface area contributed by atoms with Crippen LogP contribution in [0.15, 0.2) is 88.0 Å². The third kappa shape index (κ3) is 5.21. The van der Waals surface area contributed by atoms with Crippen LogP contribution in [-0.2, 0) is 14.4 Å². The van der Waals surface area contributed by atoms with Crippen molar-refractivity contribution in [1.82, 2.24) is 0 Å². The number of aliphatic hydroxyl groups excluding tert-OH is 2. The minimum atomic E-state index is -1.79. The van der Waals surface area contributed by atoms with Crippen LogP contribution in [0, 0.1) is 62.6 Å². The number of carbonyl (C=O) groups is 3. The summed E-state index contributed by atoms with van der Waals surface area (Å²) in [4.78, 5) is 47.7. The van der Waals surface area contributed by atoms with Crippen molar-refractivity contribution in [3.05, 3.63) is 88.6 Å². The van der Waals surface area contributed by atoms with Gasteiger partial charge in [0.05, 0.1) is 23.3 Å². The molecule has 0 heterocycles. The summed E-state index contributed by atoms with van der Waals surface area (Å²) < 4.78 is 0. The van der Waals surface area contributed by atoms with E-state index in [1.54, 1.807) is 12.2 Å². The number of nitrogens with zero attached hydrogens (tertiary/aromatic N) is 1.